The summed E-state index contributed by atoms with van der Waals surface area (Å²) in [5.41, 5.74) is 0.616. The number of fused-ring (bicyclic) bond motifs is 1. The van der Waals surface area contributed by atoms with Crippen molar-refractivity contribution in [3.8, 4) is 0 Å². The maximum atomic E-state index is 13.2. The normalized spacial score (nSPS) is 23.0. The van der Waals surface area contributed by atoms with E-state index in [9.17, 15) is 13.2 Å². The Bertz CT molecular complexity index is 1340. The van der Waals surface area contributed by atoms with E-state index in [-0.39, 0.29) is 47.2 Å². The first-order chi connectivity index (χ1) is 17.5. The first-order valence-electron chi connectivity index (χ1n) is 12.4. The highest BCUT2D eigenvalue weighted by molar-refractivity contribution is 7.89. The number of rotatable bonds is 5. The summed E-state index contributed by atoms with van der Waals surface area (Å²) in [5, 5.41) is 11.7. The van der Waals surface area contributed by atoms with Crippen molar-refractivity contribution >= 4 is 27.0 Å². The van der Waals surface area contributed by atoms with Crippen molar-refractivity contribution in [1.82, 2.24) is 29.7 Å². The van der Waals surface area contributed by atoms with Crippen molar-refractivity contribution in [2.45, 2.75) is 48.8 Å². The van der Waals surface area contributed by atoms with Gasteiger partial charge in [0.15, 0.2) is 11.3 Å². The average Bonchev–Trinajstić information content (AvgIpc) is 3.69. The summed E-state index contributed by atoms with van der Waals surface area (Å²) in [6.45, 7) is 3.17. The third kappa shape index (κ3) is 4.28. The van der Waals surface area contributed by atoms with Crippen molar-refractivity contribution in [2.24, 2.45) is 5.92 Å². The van der Waals surface area contributed by atoms with E-state index in [2.05, 4.69) is 20.5 Å². The topological polar surface area (TPSA) is 145 Å². The van der Waals surface area contributed by atoms with Crippen LogP contribution in [0.5, 0.6) is 0 Å². The fourth-order valence-electron chi connectivity index (χ4n) is 5.43. The number of carbonyl (C=O) groups is 1. The van der Waals surface area contributed by atoms with E-state index in [0.717, 1.165) is 25.1 Å². The fraction of sp³-hybridized carbons (Fsp3) is 0.609. The predicted molar refractivity (Wildman–Crippen MR) is 124 cm³/mol. The number of ether oxygens (including phenoxy) is 1. The molecule has 2 aromatic heterocycles. The lowest BCUT2D eigenvalue weighted by Crippen LogP contribution is -2.43. The molecule has 1 atom stereocenters. The summed E-state index contributed by atoms with van der Waals surface area (Å²) < 4.78 is 43.6. The third-order valence-electron chi connectivity index (χ3n) is 7.56. The monoisotopic (exact) mass is 516 g/mol. The quantitative estimate of drug-likeness (QED) is 0.493. The van der Waals surface area contributed by atoms with Gasteiger partial charge in [-0.2, -0.15) is 9.29 Å². The third-order valence-corrected chi connectivity index (χ3v) is 9.49. The van der Waals surface area contributed by atoms with E-state index in [1.54, 1.807) is 12.1 Å². The maximum absolute atomic E-state index is 13.2. The molecule has 6 rings (SSSR count). The van der Waals surface area contributed by atoms with Crippen LogP contribution < -0.4 is 0 Å². The number of amides is 1. The number of piperidine rings is 1. The molecular weight excluding hydrogens is 488 g/mol. The van der Waals surface area contributed by atoms with Crippen molar-refractivity contribution in [3.63, 3.8) is 0 Å². The molecule has 0 spiro atoms. The Labute approximate surface area is 208 Å². The standard InChI is InChI=1S/C23H28N6O6S/c30-23(28-9-4-17(14-28)22-24-21(27-34-22)15-7-12-33-13-8-15)16-5-10-29(11-6-16)36(31,32)19-3-1-2-18-20(19)26-35-25-18/h1-3,15-17H,4-14H2. The molecule has 0 N–H and O–H groups in total. The van der Waals surface area contributed by atoms with Crippen LogP contribution in [0.2, 0.25) is 0 Å². The molecule has 0 bridgehead atoms. The lowest BCUT2D eigenvalue weighted by molar-refractivity contribution is -0.135. The molecule has 3 aromatic rings. The highest BCUT2D eigenvalue weighted by Gasteiger charge is 2.38. The molecule has 3 saturated heterocycles. The number of likely N-dealkylation sites (tertiary alicyclic amines) is 1. The molecule has 3 fully saturated rings. The Kier molecular flexibility index (Phi) is 6.21. The average molecular weight is 517 g/mol. The van der Waals surface area contributed by atoms with Crippen LogP contribution in [-0.2, 0) is 19.6 Å². The van der Waals surface area contributed by atoms with Crippen LogP contribution in [0.3, 0.4) is 0 Å². The van der Waals surface area contributed by atoms with Crippen LogP contribution in [0.15, 0.2) is 32.2 Å². The Morgan fingerprint density at radius 3 is 2.56 bits per heavy atom. The van der Waals surface area contributed by atoms with Crippen molar-refractivity contribution in [1.29, 1.82) is 0 Å². The number of hydrogen-bond donors (Lipinski definition) is 0. The molecule has 36 heavy (non-hydrogen) atoms. The number of sulfonamides is 1. The number of aromatic nitrogens is 4. The predicted octanol–water partition coefficient (Wildman–Crippen LogP) is 1.92. The van der Waals surface area contributed by atoms with E-state index in [1.165, 1.54) is 10.4 Å². The van der Waals surface area contributed by atoms with Gasteiger partial charge < -0.3 is 14.2 Å². The molecule has 1 unspecified atom stereocenters. The van der Waals surface area contributed by atoms with Gasteiger partial charge >= 0.3 is 0 Å². The number of hydrogen-bond acceptors (Lipinski definition) is 10. The van der Waals surface area contributed by atoms with Gasteiger partial charge in [-0.1, -0.05) is 11.2 Å². The molecule has 3 aliphatic heterocycles. The van der Waals surface area contributed by atoms with Gasteiger partial charge in [-0.25, -0.2) is 13.0 Å². The molecular formula is C23H28N6O6S. The van der Waals surface area contributed by atoms with E-state index in [4.69, 9.17) is 13.9 Å². The van der Waals surface area contributed by atoms with E-state index in [0.29, 0.717) is 50.6 Å². The molecule has 3 aliphatic rings. The van der Waals surface area contributed by atoms with Crippen LogP contribution in [0, 0.1) is 5.92 Å². The van der Waals surface area contributed by atoms with Gasteiger partial charge in [0.2, 0.25) is 21.8 Å². The molecule has 1 amide bonds. The van der Waals surface area contributed by atoms with Gasteiger partial charge in [0.25, 0.3) is 0 Å². The summed E-state index contributed by atoms with van der Waals surface area (Å²) >= 11 is 0. The minimum Gasteiger partial charge on any atom is -0.381 e. The van der Waals surface area contributed by atoms with Gasteiger partial charge in [-0.05, 0) is 54.6 Å². The van der Waals surface area contributed by atoms with Crippen LogP contribution >= 0.6 is 0 Å². The minimum atomic E-state index is -3.77. The Morgan fingerprint density at radius 1 is 0.944 bits per heavy atom. The minimum absolute atomic E-state index is 0.0343. The van der Waals surface area contributed by atoms with Crippen molar-refractivity contribution < 1.29 is 27.1 Å². The molecule has 192 valence electrons. The summed E-state index contributed by atoms with van der Waals surface area (Å²) in [6, 6.07) is 4.78. The number of carbonyl (C=O) groups excluding carboxylic acids is 1. The van der Waals surface area contributed by atoms with Gasteiger partial charge in [0, 0.05) is 51.2 Å². The highest BCUT2D eigenvalue weighted by Crippen LogP contribution is 2.33. The largest absolute Gasteiger partial charge is 0.381 e. The summed E-state index contributed by atoms with van der Waals surface area (Å²) in [4.78, 5) is 19.8. The van der Waals surface area contributed by atoms with Gasteiger partial charge in [-0.15, -0.1) is 0 Å². The summed E-state index contributed by atoms with van der Waals surface area (Å²) in [5.74, 6) is 1.51. The van der Waals surface area contributed by atoms with Crippen molar-refractivity contribution in [2.75, 3.05) is 39.4 Å². The van der Waals surface area contributed by atoms with Gasteiger partial charge in [-0.3, -0.25) is 4.79 Å². The lowest BCUT2D eigenvalue weighted by Gasteiger charge is -2.32. The second kappa shape index (κ2) is 9.52. The van der Waals surface area contributed by atoms with Crippen LogP contribution in [0.25, 0.3) is 11.0 Å². The second-order valence-corrected chi connectivity index (χ2v) is 11.6. The second-order valence-electron chi connectivity index (χ2n) is 9.71. The molecule has 5 heterocycles. The van der Waals surface area contributed by atoms with Crippen molar-refractivity contribution in [3.05, 3.63) is 29.9 Å². The highest BCUT2D eigenvalue weighted by atomic mass is 32.2. The fourth-order valence-corrected chi connectivity index (χ4v) is 7.03. The summed E-state index contributed by atoms with van der Waals surface area (Å²) in [6.07, 6.45) is 3.52. The van der Waals surface area contributed by atoms with Crippen LogP contribution in [0.1, 0.15) is 55.7 Å². The molecule has 12 nitrogen and oxygen atoms in total. The van der Waals surface area contributed by atoms with E-state index in [1.807, 2.05) is 4.90 Å². The SMILES string of the molecule is O=C(C1CCN(S(=O)(=O)c2cccc3nonc23)CC1)N1CCC(c2nc(C3CCOCC3)no2)C1. The van der Waals surface area contributed by atoms with Crippen LogP contribution in [0.4, 0.5) is 0 Å². The van der Waals surface area contributed by atoms with Gasteiger partial charge in [0.1, 0.15) is 10.4 Å². The number of nitrogens with zero attached hydrogens (tertiary/aromatic N) is 6. The molecule has 0 radical (unpaired) electrons. The maximum Gasteiger partial charge on any atom is 0.245 e. The Hall–Kier alpha value is -2.90. The molecule has 1 aromatic carbocycles. The Balaban J connectivity index is 1.06. The summed E-state index contributed by atoms with van der Waals surface area (Å²) in [7, 11) is -3.77. The first-order valence-corrected chi connectivity index (χ1v) is 13.9. The zero-order valence-electron chi connectivity index (χ0n) is 19.8. The van der Waals surface area contributed by atoms with E-state index >= 15 is 0 Å². The lowest BCUT2D eigenvalue weighted by atomic mass is 9.96. The smallest absolute Gasteiger partial charge is 0.245 e. The first kappa shape index (κ1) is 23.5. The van der Waals surface area contributed by atoms with E-state index < -0.39 is 10.0 Å². The Morgan fingerprint density at radius 2 is 1.75 bits per heavy atom. The molecule has 13 heteroatoms. The molecule has 0 saturated carbocycles. The van der Waals surface area contributed by atoms with Crippen LogP contribution in [-0.4, -0.2) is 83.4 Å². The number of benzene rings is 1. The van der Waals surface area contributed by atoms with Gasteiger partial charge in [0.05, 0.1) is 5.92 Å². The zero-order chi connectivity index (χ0) is 24.7. The zero-order valence-corrected chi connectivity index (χ0v) is 20.6. The molecule has 0 aliphatic carbocycles.